The topological polar surface area (TPSA) is 63.7 Å². The molecule has 3 atom stereocenters. The monoisotopic (exact) mass is 377 g/mol. The van der Waals surface area contributed by atoms with Gasteiger partial charge in [0.15, 0.2) is 17.7 Å². The molecule has 1 fully saturated rings. The molecule has 5 nitrogen and oxygen atoms in total. The van der Waals surface area contributed by atoms with Crippen LogP contribution in [0, 0.1) is 0 Å². The fourth-order valence-electron chi connectivity index (χ4n) is 3.58. The van der Waals surface area contributed by atoms with Crippen LogP contribution in [0.25, 0.3) is 0 Å². The van der Waals surface area contributed by atoms with E-state index in [0.717, 1.165) is 11.1 Å². The fourth-order valence-corrected chi connectivity index (χ4v) is 3.58. The standard InChI is InChI=1S/C23H23NO4/c1-3-10-19(26)15-20(16(2)25)24-21(17-11-6-4-7-12-17)22(28-23(24)27)18-13-8-5-9-14-18/h3-14,20-22H,15H2,1-2H3/b10-3+/t20-,21+,22-/m0/s1. The number of Topliss-reactive ketones (excluding diaryl/α,β-unsaturated/α-hetero) is 1. The van der Waals surface area contributed by atoms with Crippen LogP contribution in [0.15, 0.2) is 72.8 Å². The van der Waals surface area contributed by atoms with Gasteiger partial charge in [-0.1, -0.05) is 66.7 Å². The summed E-state index contributed by atoms with van der Waals surface area (Å²) >= 11 is 0. The second-order valence-electron chi connectivity index (χ2n) is 6.77. The summed E-state index contributed by atoms with van der Waals surface area (Å²) in [6, 6.07) is 17.5. The molecule has 0 bridgehead atoms. The Balaban J connectivity index is 2.05. The first-order valence-electron chi connectivity index (χ1n) is 9.27. The number of carbonyl (C=O) groups excluding carboxylic acids is 3. The molecule has 0 aliphatic carbocycles. The summed E-state index contributed by atoms with van der Waals surface area (Å²) in [6.45, 7) is 3.14. The van der Waals surface area contributed by atoms with E-state index in [1.54, 1.807) is 13.0 Å². The minimum Gasteiger partial charge on any atom is -0.439 e. The molecule has 1 aliphatic rings. The van der Waals surface area contributed by atoms with Crippen LogP contribution in [0.3, 0.4) is 0 Å². The number of hydrogen-bond donors (Lipinski definition) is 0. The van der Waals surface area contributed by atoms with Crippen molar-refractivity contribution in [3.63, 3.8) is 0 Å². The first-order chi connectivity index (χ1) is 13.5. The van der Waals surface area contributed by atoms with Gasteiger partial charge in [0.25, 0.3) is 0 Å². The van der Waals surface area contributed by atoms with Gasteiger partial charge in [-0.15, -0.1) is 0 Å². The predicted molar refractivity (Wildman–Crippen MR) is 106 cm³/mol. The lowest BCUT2D eigenvalue weighted by Gasteiger charge is -2.30. The summed E-state index contributed by atoms with van der Waals surface area (Å²) in [5.41, 5.74) is 1.70. The lowest BCUT2D eigenvalue weighted by molar-refractivity contribution is -0.125. The normalized spacial score (nSPS) is 20.2. The average Bonchev–Trinajstić information content (AvgIpc) is 3.04. The maximum atomic E-state index is 12.8. The van der Waals surface area contributed by atoms with E-state index >= 15 is 0 Å². The van der Waals surface area contributed by atoms with Gasteiger partial charge < -0.3 is 4.74 Å². The molecule has 2 aromatic rings. The Hall–Kier alpha value is -3.21. The maximum absolute atomic E-state index is 12.8. The Morgan fingerprint density at radius 1 is 1.04 bits per heavy atom. The molecule has 1 heterocycles. The van der Waals surface area contributed by atoms with Gasteiger partial charge in [0.2, 0.25) is 0 Å². The highest BCUT2D eigenvalue weighted by atomic mass is 16.6. The number of amides is 1. The van der Waals surface area contributed by atoms with Crippen molar-refractivity contribution in [2.45, 2.75) is 38.5 Å². The van der Waals surface area contributed by atoms with Crippen molar-refractivity contribution >= 4 is 17.7 Å². The molecule has 1 saturated heterocycles. The van der Waals surface area contributed by atoms with Gasteiger partial charge in [-0.25, -0.2) is 4.79 Å². The van der Waals surface area contributed by atoms with E-state index in [9.17, 15) is 14.4 Å². The molecule has 144 valence electrons. The number of rotatable bonds is 7. The van der Waals surface area contributed by atoms with Gasteiger partial charge in [-0.05, 0) is 31.1 Å². The second kappa shape index (κ2) is 8.65. The largest absolute Gasteiger partial charge is 0.439 e. The highest BCUT2D eigenvalue weighted by Crippen LogP contribution is 2.44. The third kappa shape index (κ3) is 4.03. The van der Waals surface area contributed by atoms with Gasteiger partial charge >= 0.3 is 6.09 Å². The fraction of sp³-hybridized carbons (Fsp3) is 0.261. The van der Waals surface area contributed by atoms with Crippen molar-refractivity contribution in [3.05, 3.63) is 83.9 Å². The third-order valence-corrected chi connectivity index (χ3v) is 4.85. The van der Waals surface area contributed by atoms with Crippen LogP contribution < -0.4 is 0 Å². The number of hydrogen-bond acceptors (Lipinski definition) is 4. The molecular weight excluding hydrogens is 354 g/mol. The summed E-state index contributed by atoms with van der Waals surface area (Å²) in [5, 5.41) is 0. The summed E-state index contributed by atoms with van der Waals surface area (Å²) < 4.78 is 5.71. The van der Waals surface area contributed by atoms with Gasteiger partial charge in [0, 0.05) is 6.42 Å². The van der Waals surface area contributed by atoms with Gasteiger partial charge in [0.1, 0.15) is 12.1 Å². The van der Waals surface area contributed by atoms with E-state index in [1.807, 2.05) is 60.7 Å². The van der Waals surface area contributed by atoms with Crippen LogP contribution in [0.4, 0.5) is 4.79 Å². The van der Waals surface area contributed by atoms with Crippen molar-refractivity contribution in [1.82, 2.24) is 4.90 Å². The predicted octanol–water partition coefficient (Wildman–Crippen LogP) is 4.41. The molecule has 0 unspecified atom stereocenters. The zero-order valence-corrected chi connectivity index (χ0v) is 15.9. The van der Waals surface area contributed by atoms with E-state index in [4.69, 9.17) is 4.74 Å². The molecule has 0 spiro atoms. The minimum absolute atomic E-state index is 0.0698. The summed E-state index contributed by atoms with van der Waals surface area (Å²) in [6.07, 6.45) is 1.83. The molecule has 0 radical (unpaired) electrons. The van der Waals surface area contributed by atoms with Crippen LogP contribution in [0.2, 0.25) is 0 Å². The van der Waals surface area contributed by atoms with Crippen LogP contribution >= 0.6 is 0 Å². The minimum atomic E-state index is -0.880. The molecule has 3 rings (SSSR count). The second-order valence-corrected chi connectivity index (χ2v) is 6.77. The zero-order chi connectivity index (χ0) is 20.1. The summed E-state index contributed by atoms with van der Waals surface area (Å²) in [7, 11) is 0. The smallest absolute Gasteiger partial charge is 0.411 e. The van der Waals surface area contributed by atoms with Crippen molar-refractivity contribution < 1.29 is 19.1 Å². The Morgan fingerprint density at radius 3 is 2.14 bits per heavy atom. The quantitative estimate of drug-likeness (QED) is 0.670. The lowest BCUT2D eigenvalue weighted by Crippen LogP contribution is -2.43. The van der Waals surface area contributed by atoms with E-state index in [2.05, 4.69) is 0 Å². The Morgan fingerprint density at radius 2 is 1.61 bits per heavy atom. The highest BCUT2D eigenvalue weighted by Gasteiger charge is 2.48. The average molecular weight is 377 g/mol. The maximum Gasteiger partial charge on any atom is 0.411 e. The van der Waals surface area contributed by atoms with Crippen molar-refractivity contribution in [2.75, 3.05) is 0 Å². The number of benzene rings is 2. The van der Waals surface area contributed by atoms with E-state index in [0.29, 0.717) is 0 Å². The Labute approximate surface area is 164 Å². The van der Waals surface area contributed by atoms with E-state index in [-0.39, 0.29) is 18.0 Å². The van der Waals surface area contributed by atoms with Crippen LogP contribution in [-0.2, 0) is 14.3 Å². The first-order valence-corrected chi connectivity index (χ1v) is 9.27. The molecule has 1 aliphatic heterocycles. The third-order valence-electron chi connectivity index (χ3n) is 4.85. The lowest BCUT2D eigenvalue weighted by atomic mass is 9.93. The molecule has 5 heteroatoms. The number of ketones is 2. The number of cyclic esters (lactones) is 1. The SMILES string of the molecule is C/C=C/C(=O)C[C@@H](C(C)=O)N1C(=O)O[C@@H](c2ccccc2)[C@H]1c1ccccc1. The number of carbonyl (C=O) groups is 3. The van der Waals surface area contributed by atoms with Crippen LogP contribution in [0.1, 0.15) is 43.5 Å². The number of nitrogens with zero attached hydrogens (tertiary/aromatic N) is 1. The van der Waals surface area contributed by atoms with Gasteiger partial charge in [0.05, 0.1) is 0 Å². The first kappa shape index (κ1) is 19.5. The van der Waals surface area contributed by atoms with Crippen LogP contribution in [-0.4, -0.2) is 28.6 Å². The van der Waals surface area contributed by atoms with Crippen molar-refractivity contribution in [2.24, 2.45) is 0 Å². The van der Waals surface area contributed by atoms with Crippen molar-refractivity contribution in [3.8, 4) is 0 Å². The molecule has 1 amide bonds. The Kier molecular flexibility index (Phi) is 6.04. The molecule has 0 saturated carbocycles. The molecule has 0 N–H and O–H groups in total. The Bertz CT molecular complexity index is 876. The van der Waals surface area contributed by atoms with Gasteiger partial charge in [-0.2, -0.15) is 0 Å². The molecular formula is C23H23NO4. The molecule has 2 aromatic carbocycles. The molecule has 0 aromatic heterocycles. The van der Waals surface area contributed by atoms with Crippen molar-refractivity contribution in [1.29, 1.82) is 0 Å². The van der Waals surface area contributed by atoms with Crippen LogP contribution in [0.5, 0.6) is 0 Å². The molecule has 28 heavy (non-hydrogen) atoms. The van der Waals surface area contributed by atoms with Gasteiger partial charge in [-0.3, -0.25) is 14.5 Å². The summed E-state index contributed by atoms with van der Waals surface area (Å²) in [5.74, 6) is -0.449. The highest BCUT2D eigenvalue weighted by molar-refractivity contribution is 5.96. The summed E-state index contributed by atoms with van der Waals surface area (Å²) in [4.78, 5) is 38.9. The van der Waals surface area contributed by atoms with E-state index in [1.165, 1.54) is 17.9 Å². The number of allylic oxidation sites excluding steroid dienone is 2. The van der Waals surface area contributed by atoms with E-state index < -0.39 is 24.3 Å². The zero-order valence-electron chi connectivity index (χ0n) is 15.9. The number of ether oxygens (including phenoxy) is 1.